The van der Waals surface area contributed by atoms with E-state index in [-0.39, 0.29) is 0 Å². The fourth-order valence-corrected chi connectivity index (χ4v) is 4.99. The molecule has 3 heteroatoms. The second-order valence-electron chi connectivity index (χ2n) is 6.19. The van der Waals surface area contributed by atoms with Crippen molar-refractivity contribution >= 4 is 0 Å². The molecular weight excluding hydrogens is 210 g/mol. The monoisotopic (exact) mass is 227 g/mol. The summed E-state index contributed by atoms with van der Waals surface area (Å²) in [5, 5.41) is 9.13. The second-order valence-corrected chi connectivity index (χ2v) is 6.19. The van der Waals surface area contributed by atoms with Crippen LogP contribution in [0.2, 0.25) is 0 Å². The molecule has 1 heterocycles. The summed E-state index contributed by atoms with van der Waals surface area (Å²) in [6, 6.07) is 2.81. The van der Waals surface area contributed by atoms with Gasteiger partial charge in [0.25, 0.3) is 0 Å². The first-order chi connectivity index (χ1) is 8.35. The van der Waals surface area contributed by atoms with Crippen molar-refractivity contribution < 1.29 is 0 Å². The number of rotatable bonds is 1. The summed E-state index contributed by atoms with van der Waals surface area (Å²) >= 11 is 0. The molecule has 17 heavy (non-hydrogen) atoms. The standard InChI is InChI=1S/C14H17N3/c15-8-13-16-1-2-17(13)14-11-4-9-3-10(6-11)7-12(14)5-9/h1-2,9-12,14H,3-7H2. The van der Waals surface area contributed by atoms with Crippen molar-refractivity contribution in [3.05, 3.63) is 18.2 Å². The third-order valence-corrected chi connectivity index (χ3v) is 5.27. The average molecular weight is 227 g/mol. The van der Waals surface area contributed by atoms with E-state index in [4.69, 9.17) is 5.26 Å². The molecule has 0 radical (unpaired) electrons. The van der Waals surface area contributed by atoms with Gasteiger partial charge in [0.15, 0.2) is 0 Å². The Morgan fingerprint density at radius 3 is 2.35 bits per heavy atom. The summed E-state index contributed by atoms with van der Waals surface area (Å²) in [6.07, 6.45) is 10.8. The highest BCUT2D eigenvalue weighted by atomic mass is 15.1. The topological polar surface area (TPSA) is 41.6 Å². The molecule has 1 aromatic heterocycles. The summed E-state index contributed by atoms with van der Waals surface area (Å²) in [7, 11) is 0. The van der Waals surface area contributed by atoms with Gasteiger partial charge in [-0.3, -0.25) is 0 Å². The molecule has 0 atom stereocenters. The highest BCUT2D eigenvalue weighted by Gasteiger charge is 2.49. The van der Waals surface area contributed by atoms with Gasteiger partial charge < -0.3 is 4.57 Å². The Balaban J connectivity index is 1.73. The molecule has 4 aliphatic carbocycles. The molecule has 0 amide bonds. The van der Waals surface area contributed by atoms with Gasteiger partial charge in [0, 0.05) is 18.4 Å². The van der Waals surface area contributed by atoms with E-state index < -0.39 is 0 Å². The molecule has 4 bridgehead atoms. The van der Waals surface area contributed by atoms with Crippen molar-refractivity contribution in [2.75, 3.05) is 0 Å². The van der Waals surface area contributed by atoms with Crippen molar-refractivity contribution in [1.29, 1.82) is 5.26 Å². The van der Waals surface area contributed by atoms with Crippen LogP contribution in [0.5, 0.6) is 0 Å². The molecule has 4 saturated carbocycles. The molecule has 0 unspecified atom stereocenters. The Morgan fingerprint density at radius 2 is 1.76 bits per heavy atom. The third-order valence-electron chi connectivity index (χ3n) is 5.27. The molecule has 1 aromatic rings. The van der Waals surface area contributed by atoms with Crippen LogP contribution in [0.15, 0.2) is 12.4 Å². The van der Waals surface area contributed by atoms with Crippen LogP contribution in [-0.4, -0.2) is 9.55 Å². The smallest absolute Gasteiger partial charge is 0.212 e. The number of nitrogens with zero attached hydrogens (tertiary/aromatic N) is 3. The van der Waals surface area contributed by atoms with Crippen LogP contribution in [-0.2, 0) is 0 Å². The fourth-order valence-electron chi connectivity index (χ4n) is 4.99. The zero-order valence-corrected chi connectivity index (χ0v) is 9.92. The number of imidazole rings is 1. The van der Waals surface area contributed by atoms with Crippen molar-refractivity contribution in [2.24, 2.45) is 23.7 Å². The van der Waals surface area contributed by atoms with E-state index in [1.807, 2.05) is 6.20 Å². The maximum Gasteiger partial charge on any atom is 0.212 e. The minimum Gasteiger partial charge on any atom is -0.319 e. The van der Waals surface area contributed by atoms with Gasteiger partial charge in [-0.15, -0.1) is 0 Å². The maximum atomic E-state index is 9.13. The predicted molar refractivity (Wildman–Crippen MR) is 63.0 cm³/mol. The van der Waals surface area contributed by atoms with E-state index in [1.165, 1.54) is 32.1 Å². The van der Waals surface area contributed by atoms with E-state index in [9.17, 15) is 0 Å². The Kier molecular flexibility index (Phi) is 1.91. The molecular formula is C14H17N3. The van der Waals surface area contributed by atoms with E-state index in [0.717, 1.165) is 23.7 Å². The molecule has 4 aliphatic rings. The van der Waals surface area contributed by atoms with E-state index in [1.54, 1.807) is 6.20 Å². The highest BCUT2D eigenvalue weighted by Crippen LogP contribution is 2.58. The first-order valence-corrected chi connectivity index (χ1v) is 6.78. The molecule has 3 nitrogen and oxygen atoms in total. The van der Waals surface area contributed by atoms with Gasteiger partial charge in [-0.25, -0.2) is 4.98 Å². The lowest BCUT2D eigenvalue weighted by molar-refractivity contribution is -0.0294. The summed E-state index contributed by atoms with van der Waals surface area (Å²) < 4.78 is 2.17. The lowest BCUT2D eigenvalue weighted by atomic mass is 9.54. The van der Waals surface area contributed by atoms with Crippen molar-refractivity contribution in [2.45, 2.75) is 38.1 Å². The molecule has 0 saturated heterocycles. The van der Waals surface area contributed by atoms with Gasteiger partial charge in [-0.05, 0) is 55.8 Å². The zero-order chi connectivity index (χ0) is 11.4. The van der Waals surface area contributed by atoms with Gasteiger partial charge in [-0.2, -0.15) is 5.26 Å². The third kappa shape index (κ3) is 1.30. The molecule has 0 aromatic carbocycles. The lowest BCUT2D eigenvalue weighted by Crippen LogP contribution is -2.46. The first-order valence-electron chi connectivity index (χ1n) is 6.78. The summed E-state index contributed by atoms with van der Waals surface area (Å²) in [6.45, 7) is 0. The van der Waals surface area contributed by atoms with Crippen LogP contribution in [0.3, 0.4) is 0 Å². The lowest BCUT2D eigenvalue weighted by Gasteiger charge is -2.54. The minimum absolute atomic E-state index is 0.569. The van der Waals surface area contributed by atoms with Crippen molar-refractivity contribution in [3.8, 4) is 6.07 Å². The van der Waals surface area contributed by atoms with Crippen molar-refractivity contribution in [1.82, 2.24) is 9.55 Å². The number of hydrogen-bond donors (Lipinski definition) is 0. The van der Waals surface area contributed by atoms with Crippen LogP contribution in [0.4, 0.5) is 0 Å². The van der Waals surface area contributed by atoms with Gasteiger partial charge in [-0.1, -0.05) is 0 Å². The van der Waals surface area contributed by atoms with E-state index in [0.29, 0.717) is 11.9 Å². The van der Waals surface area contributed by atoms with Crippen LogP contribution < -0.4 is 0 Å². The number of hydrogen-bond acceptors (Lipinski definition) is 2. The fraction of sp³-hybridized carbons (Fsp3) is 0.714. The quantitative estimate of drug-likeness (QED) is 0.740. The Labute approximate surface area is 101 Å². The van der Waals surface area contributed by atoms with Crippen LogP contribution >= 0.6 is 0 Å². The van der Waals surface area contributed by atoms with Crippen LogP contribution in [0.1, 0.15) is 44.0 Å². The molecule has 0 N–H and O–H groups in total. The Bertz CT molecular complexity index is 454. The summed E-state index contributed by atoms with van der Waals surface area (Å²) in [4.78, 5) is 4.17. The van der Waals surface area contributed by atoms with E-state index in [2.05, 4.69) is 15.6 Å². The van der Waals surface area contributed by atoms with Crippen molar-refractivity contribution in [3.63, 3.8) is 0 Å². The molecule has 5 rings (SSSR count). The highest BCUT2D eigenvalue weighted by molar-refractivity contribution is 5.15. The number of aromatic nitrogens is 2. The average Bonchev–Trinajstić information content (AvgIpc) is 2.75. The van der Waals surface area contributed by atoms with Gasteiger partial charge in [0.1, 0.15) is 6.07 Å². The Hall–Kier alpha value is -1.30. The summed E-state index contributed by atoms with van der Waals surface area (Å²) in [5.41, 5.74) is 0. The second kappa shape index (κ2) is 3.35. The SMILES string of the molecule is N#Cc1nccn1C1C2CC3CC(C2)CC1C3. The maximum absolute atomic E-state index is 9.13. The molecule has 88 valence electrons. The van der Waals surface area contributed by atoms with Crippen LogP contribution in [0, 0.1) is 35.0 Å². The largest absolute Gasteiger partial charge is 0.319 e. The van der Waals surface area contributed by atoms with E-state index >= 15 is 0 Å². The zero-order valence-electron chi connectivity index (χ0n) is 9.92. The summed E-state index contributed by atoms with van der Waals surface area (Å²) in [5.74, 6) is 4.22. The molecule has 4 fully saturated rings. The predicted octanol–water partition coefficient (Wildman–Crippen LogP) is 2.75. The van der Waals surface area contributed by atoms with Gasteiger partial charge >= 0.3 is 0 Å². The minimum atomic E-state index is 0.569. The molecule has 0 aliphatic heterocycles. The normalized spacial score (nSPS) is 42.6. The number of nitriles is 1. The van der Waals surface area contributed by atoms with Crippen LogP contribution in [0.25, 0.3) is 0 Å². The van der Waals surface area contributed by atoms with Gasteiger partial charge in [0.2, 0.25) is 5.82 Å². The Morgan fingerprint density at radius 1 is 1.12 bits per heavy atom. The van der Waals surface area contributed by atoms with Gasteiger partial charge in [0.05, 0.1) is 0 Å². The first kappa shape index (κ1) is 9.70. The molecule has 0 spiro atoms.